The van der Waals surface area contributed by atoms with E-state index in [1.165, 1.54) is 0 Å². The smallest absolute Gasteiger partial charge is 0.242 e. The van der Waals surface area contributed by atoms with Gasteiger partial charge in [-0.05, 0) is 24.9 Å². The van der Waals surface area contributed by atoms with Crippen LogP contribution in [0.5, 0.6) is 0 Å². The highest BCUT2D eigenvalue weighted by Crippen LogP contribution is 2.25. The van der Waals surface area contributed by atoms with Crippen LogP contribution in [0.2, 0.25) is 0 Å². The van der Waals surface area contributed by atoms with Crippen LogP contribution in [0.1, 0.15) is 31.4 Å². The van der Waals surface area contributed by atoms with E-state index in [9.17, 15) is 4.79 Å². The molecule has 2 heterocycles. The van der Waals surface area contributed by atoms with Crippen molar-refractivity contribution >= 4 is 17.7 Å². The van der Waals surface area contributed by atoms with Gasteiger partial charge < -0.3 is 10.2 Å². The predicted molar refractivity (Wildman–Crippen MR) is 101 cm³/mol. The molecule has 0 radical (unpaired) electrons. The Morgan fingerprint density at radius 3 is 2.46 bits per heavy atom. The largest absolute Gasteiger partial charge is 0.352 e. The molecule has 0 saturated carbocycles. The Kier molecular flexibility index (Phi) is 6.58. The molecule has 132 valence electrons. The van der Waals surface area contributed by atoms with Crippen molar-refractivity contribution in [1.82, 2.24) is 15.1 Å². The molecular formula is C19H29N3OS. The summed E-state index contributed by atoms with van der Waals surface area (Å²) in [6.07, 6.45) is 2.13. The number of nitrogens with zero attached hydrogens (tertiary/aromatic N) is 2. The van der Waals surface area contributed by atoms with Crippen molar-refractivity contribution in [2.45, 2.75) is 31.8 Å². The van der Waals surface area contributed by atoms with E-state index in [0.717, 1.165) is 62.6 Å². The standard InChI is InChI=1S/C19H29N3OS/c1-2-21-10-8-17(9-11-21)20-19(23)18(16-6-4-3-5-7-16)22-12-14-24-15-13-22/h3-7,17-18H,2,8-15H2,1H3,(H,20,23)/t18-/m1/s1. The van der Waals surface area contributed by atoms with Gasteiger partial charge in [0.15, 0.2) is 0 Å². The molecule has 4 nitrogen and oxygen atoms in total. The highest BCUT2D eigenvalue weighted by molar-refractivity contribution is 7.99. The summed E-state index contributed by atoms with van der Waals surface area (Å²) < 4.78 is 0. The Morgan fingerprint density at radius 1 is 1.17 bits per heavy atom. The van der Waals surface area contributed by atoms with Crippen molar-refractivity contribution in [3.8, 4) is 0 Å². The number of thioether (sulfide) groups is 1. The monoisotopic (exact) mass is 347 g/mol. The lowest BCUT2D eigenvalue weighted by Gasteiger charge is -2.36. The maximum atomic E-state index is 13.1. The number of rotatable bonds is 5. The molecular weight excluding hydrogens is 318 g/mol. The Labute approximate surface area is 150 Å². The van der Waals surface area contributed by atoms with Gasteiger partial charge in [0.1, 0.15) is 6.04 Å². The molecule has 2 saturated heterocycles. The zero-order valence-electron chi connectivity index (χ0n) is 14.6. The van der Waals surface area contributed by atoms with Gasteiger partial charge in [-0.1, -0.05) is 37.3 Å². The van der Waals surface area contributed by atoms with E-state index in [0.29, 0.717) is 6.04 Å². The molecule has 0 aliphatic carbocycles. The third-order valence-electron chi connectivity index (χ3n) is 5.16. The number of carbonyl (C=O) groups is 1. The zero-order chi connectivity index (χ0) is 16.8. The van der Waals surface area contributed by atoms with E-state index in [1.54, 1.807) is 0 Å². The Bertz CT molecular complexity index is 511. The normalized spacial score (nSPS) is 22.2. The van der Waals surface area contributed by atoms with Gasteiger partial charge in [-0.2, -0.15) is 11.8 Å². The molecule has 2 aliphatic rings. The number of hydrogen-bond donors (Lipinski definition) is 1. The Morgan fingerprint density at radius 2 is 1.83 bits per heavy atom. The molecule has 24 heavy (non-hydrogen) atoms. The average molecular weight is 348 g/mol. The van der Waals surface area contributed by atoms with Crippen molar-refractivity contribution < 1.29 is 4.79 Å². The van der Waals surface area contributed by atoms with Gasteiger partial charge in [0.05, 0.1) is 0 Å². The summed E-state index contributed by atoms with van der Waals surface area (Å²) in [6.45, 7) is 7.49. The van der Waals surface area contributed by atoms with Crippen LogP contribution in [0.4, 0.5) is 0 Å². The molecule has 1 aromatic carbocycles. The molecule has 3 rings (SSSR count). The van der Waals surface area contributed by atoms with Crippen molar-refractivity contribution in [3.05, 3.63) is 35.9 Å². The molecule has 0 bridgehead atoms. The first-order valence-electron chi connectivity index (χ1n) is 9.17. The summed E-state index contributed by atoms with van der Waals surface area (Å²) in [7, 11) is 0. The van der Waals surface area contributed by atoms with Gasteiger partial charge in [-0.3, -0.25) is 9.69 Å². The Balaban J connectivity index is 1.67. The van der Waals surface area contributed by atoms with Gasteiger partial charge in [-0.25, -0.2) is 0 Å². The number of nitrogens with one attached hydrogen (secondary N) is 1. The van der Waals surface area contributed by atoms with Crippen LogP contribution in [0, 0.1) is 0 Å². The number of likely N-dealkylation sites (tertiary alicyclic amines) is 1. The molecule has 2 aliphatic heterocycles. The highest BCUT2D eigenvalue weighted by Gasteiger charge is 2.30. The van der Waals surface area contributed by atoms with Crippen molar-refractivity contribution in [3.63, 3.8) is 0 Å². The van der Waals surface area contributed by atoms with Crippen molar-refractivity contribution in [2.24, 2.45) is 0 Å². The van der Waals surface area contributed by atoms with Crippen LogP contribution in [-0.2, 0) is 4.79 Å². The molecule has 1 amide bonds. The summed E-state index contributed by atoms with van der Waals surface area (Å²) in [5.41, 5.74) is 1.12. The van der Waals surface area contributed by atoms with Crippen LogP contribution >= 0.6 is 11.8 Å². The lowest BCUT2D eigenvalue weighted by Crippen LogP contribution is -2.49. The quantitative estimate of drug-likeness (QED) is 0.887. The maximum absolute atomic E-state index is 13.1. The second-order valence-corrected chi connectivity index (χ2v) is 7.90. The van der Waals surface area contributed by atoms with E-state index >= 15 is 0 Å². The van der Waals surface area contributed by atoms with E-state index in [-0.39, 0.29) is 11.9 Å². The van der Waals surface area contributed by atoms with Crippen LogP contribution in [-0.4, -0.2) is 66.0 Å². The van der Waals surface area contributed by atoms with E-state index < -0.39 is 0 Å². The zero-order valence-corrected chi connectivity index (χ0v) is 15.4. The lowest BCUT2D eigenvalue weighted by atomic mass is 10.0. The van der Waals surface area contributed by atoms with Gasteiger partial charge in [0.25, 0.3) is 0 Å². The van der Waals surface area contributed by atoms with Crippen LogP contribution in [0.25, 0.3) is 0 Å². The first-order valence-corrected chi connectivity index (χ1v) is 10.3. The lowest BCUT2D eigenvalue weighted by molar-refractivity contribution is -0.127. The topological polar surface area (TPSA) is 35.6 Å². The van der Waals surface area contributed by atoms with Gasteiger partial charge in [-0.15, -0.1) is 0 Å². The fourth-order valence-corrected chi connectivity index (χ4v) is 4.60. The molecule has 1 atom stereocenters. The van der Waals surface area contributed by atoms with Gasteiger partial charge in [0, 0.05) is 43.7 Å². The second kappa shape index (κ2) is 8.88. The number of benzene rings is 1. The fourth-order valence-electron chi connectivity index (χ4n) is 3.67. The van der Waals surface area contributed by atoms with Crippen LogP contribution in [0.15, 0.2) is 30.3 Å². The minimum absolute atomic E-state index is 0.142. The molecule has 0 aromatic heterocycles. The summed E-state index contributed by atoms with van der Waals surface area (Å²) in [5, 5.41) is 3.35. The molecule has 0 spiro atoms. The van der Waals surface area contributed by atoms with Crippen LogP contribution in [0.3, 0.4) is 0 Å². The third kappa shape index (κ3) is 4.52. The van der Waals surface area contributed by atoms with E-state index in [1.807, 2.05) is 30.0 Å². The summed E-state index contributed by atoms with van der Waals surface area (Å²) in [6, 6.07) is 10.5. The summed E-state index contributed by atoms with van der Waals surface area (Å²) in [4.78, 5) is 17.9. The highest BCUT2D eigenvalue weighted by atomic mass is 32.2. The third-order valence-corrected chi connectivity index (χ3v) is 6.10. The van der Waals surface area contributed by atoms with Gasteiger partial charge >= 0.3 is 0 Å². The van der Waals surface area contributed by atoms with Crippen LogP contribution < -0.4 is 5.32 Å². The molecule has 1 aromatic rings. The van der Waals surface area contributed by atoms with E-state index in [4.69, 9.17) is 0 Å². The number of amides is 1. The molecule has 2 fully saturated rings. The first kappa shape index (κ1) is 17.8. The van der Waals surface area contributed by atoms with Crippen molar-refractivity contribution in [1.29, 1.82) is 0 Å². The number of carbonyl (C=O) groups excluding carboxylic acids is 1. The first-order chi connectivity index (χ1) is 11.8. The van der Waals surface area contributed by atoms with Gasteiger partial charge in [0.2, 0.25) is 5.91 Å². The molecule has 1 N–H and O–H groups in total. The molecule has 0 unspecified atom stereocenters. The number of hydrogen-bond acceptors (Lipinski definition) is 4. The minimum atomic E-state index is -0.142. The van der Waals surface area contributed by atoms with Crippen molar-refractivity contribution in [2.75, 3.05) is 44.2 Å². The maximum Gasteiger partial charge on any atom is 0.242 e. The molecule has 5 heteroatoms. The second-order valence-electron chi connectivity index (χ2n) is 6.68. The minimum Gasteiger partial charge on any atom is -0.352 e. The fraction of sp³-hybridized carbons (Fsp3) is 0.632. The predicted octanol–water partition coefficient (Wildman–Crippen LogP) is 2.38. The average Bonchev–Trinajstić information content (AvgIpc) is 2.64. The SMILES string of the molecule is CCN1CCC(NC(=O)[C@@H](c2ccccc2)N2CCSCC2)CC1. The number of piperidine rings is 1. The van der Waals surface area contributed by atoms with E-state index in [2.05, 4.69) is 34.2 Å². The Hall–Kier alpha value is -1.04. The summed E-state index contributed by atoms with van der Waals surface area (Å²) >= 11 is 1.98. The summed E-state index contributed by atoms with van der Waals surface area (Å²) in [5.74, 6) is 2.42.